The Kier molecular flexibility index (Phi) is 6.55. The first-order valence-corrected chi connectivity index (χ1v) is 11.5. The summed E-state index contributed by atoms with van der Waals surface area (Å²) in [6.07, 6.45) is 4.81. The first kappa shape index (κ1) is 22.0. The molecule has 0 radical (unpaired) electrons. The molecule has 0 N–H and O–H groups in total. The number of hydrogen-bond acceptors (Lipinski definition) is 7. The smallest absolute Gasteiger partial charge is 0.338 e. The van der Waals surface area contributed by atoms with E-state index in [0.29, 0.717) is 22.0 Å². The standard InChI is InChI=1S/C23H25N3O5S/c1-15-4-3-5-16(2)26(15)21(28)14-30-19-8-6-17(7-9-19)22(29)31-13-18-12-20(27)25-10-11-32-23(25)24-18/h6-12,15-16H,3-5,13-14H2,1-2H3/t15-,16-/m1/s1. The van der Waals surface area contributed by atoms with Gasteiger partial charge in [-0.3, -0.25) is 14.0 Å². The molecule has 0 bridgehead atoms. The lowest BCUT2D eigenvalue weighted by atomic mass is 9.97. The molecule has 4 rings (SSSR count). The molecule has 9 heteroatoms. The van der Waals surface area contributed by atoms with Crippen LogP contribution in [0.3, 0.4) is 0 Å². The number of likely N-dealkylation sites (tertiary alicyclic amines) is 1. The summed E-state index contributed by atoms with van der Waals surface area (Å²) < 4.78 is 12.4. The van der Waals surface area contributed by atoms with Crippen molar-refractivity contribution in [2.24, 2.45) is 0 Å². The van der Waals surface area contributed by atoms with E-state index in [9.17, 15) is 14.4 Å². The molecule has 1 fully saturated rings. The van der Waals surface area contributed by atoms with Crippen molar-refractivity contribution in [1.29, 1.82) is 0 Å². The minimum atomic E-state index is -0.531. The normalized spacial score (nSPS) is 18.5. The maximum Gasteiger partial charge on any atom is 0.338 e. The van der Waals surface area contributed by atoms with Gasteiger partial charge in [-0.2, -0.15) is 0 Å². The van der Waals surface area contributed by atoms with E-state index in [0.717, 1.165) is 19.3 Å². The number of fused-ring (bicyclic) bond motifs is 1. The predicted octanol–water partition coefficient (Wildman–Crippen LogP) is 3.28. The van der Waals surface area contributed by atoms with Crippen LogP contribution in [0.25, 0.3) is 4.96 Å². The number of benzene rings is 1. The van der Waals surface area contributed by atoms with Gasteiger partial charge in [0.2, 0.25) is 0 Å². The molecule has 2 atom stereocenters. The van der Waals surface area contributed by atoms with Gasteiger partial charge in [0.25, 0.3) is 11.5 Å². The number of carbonyl (C=O) groups excluding carboxylic acids is 2. The van der Waals surface area contributed by atoms with Crippen molar-refractivity contribution in [3.63, 3.8) is 0 Å². The zero-order chi connectivity index (χ0) is 22.7. The molecule has 1 amide bonds. The van der Waals surface area contributed by atoms with Crippen LogP contribution in [0.4, 0.5) is 0 Å². The van der Waals surface area contributed by atoms with Crippen molar-refractivity contribution in [1.82, 2.24) is 14.3 Å². The van der Waals surface area contributed by atoms with E-state index in [1.165, 1.54) is 21.8 Å². The minimum absolute atomic E-state index is 0.0284. The number of hydrogen-bond donors (Lipinski definition) is 0. The maximum atomic E-state index is 12.6. The average molecular weight is 456 g/mol. The number of nitrogens with zero attached hydrogens (tertiary/aromatic N) is 3. The van der Waals surface area contributed by atoms with Crippen LogP contribution in [-0.2, 0) is 16.1 Å². The SMILES string of the molecule is C[C@@H]1CCC[C@@H](C)N1C(=O)COc1ccc(C(=O)OCc2cc(=O)n3ccsc3n2)cc1. The summed E-state index contributed by atoms with van der Waals surface area (Å²) in [5, 5.41) is 1.77. The molecule has 0 aliphatic carbocycles. The van der Waals surface area contributed by atoms with E-state index in [2.05, 4.69) is 18.8 Å². The van der Waals surface area contributed by atoms with Crippen molar-refractivity contribution in [3.8, 4) is 5.75 Å². The van der Waals surface area contributed by atoms with Crippen LogP contribution in [-0.4, -0.2) is 44.9 Å². The minimum Gasteiger partial charge on any atom is -0.484 e. The van der Waals surface area contributed by atoms with Gasteiger partial charge < -0.3 is 14.4 Å². The zero-order valence-electron chi connectivity index (χ0n) is 18.0. The lowest BCUT2D eigenvalue weighted by Crippen LogP contribution is -2.49. The van der Waals surface area contributed by atoms with Crippen LogP contribution in [0.15, 0.2) is 46.7 Å². The van der Waals surface area contributed by atoms with Gasteiger partial charge in [-0.05, 0) is 57.4 Å². The van der Waals surface area contributed by atoms with Gasteiger partial charge in [0, 0.05) is 29.7 Å². The Morgan fingerprint density at radius 3 is 2.59 bits per heavy atom. The molecule has 1 saturated heterocycles. The number of esters is 1. The van der Waals surface area contributed by atoms with Gasteiger partial charge in [-0.1, -0.05) is 0 Å². The van der Waals surface area contributed by atoms with Gasteiger partial charge in [0.15, 0.2) is 11.6 Å². The fourth-order valence-corrected chi connectivity index (χ4v) is 4.74. The number of thiazole rings is 1. The topological polar surface area (TPSA) is 90.2 Å². The third-order valence-electron chi connectivity index (χ3n) is 5.64. The highest BCUT2D eigenvalue weighted by molar-refractivity contribution is 7.15. The summed E-state index contributed by atoms with van der Waals surface area (Å²) in [7, 11) is 0. The Morgan fingerprint density at radius 1 is 1.16 bits per heavy atom. The summed E-state index contributed by atoms with van der Waals surface area (Å²) in [6.45, 7) is 4.00. The molecule has 32 heavy (non-hydrogen) atoms. The Balaban J connectivity index is 1.31. The van der Waals surface area contributed by atoms with E-state index in [1.54, 1.807) is 35.8 Å². The molecule has 2 aromatic heterocycles. The maximum absolute atomic E-state index is 12.6. The zero-order valence-corrected chi connectivity index (χ0v) is 18.8. The van der Waals surface area contributed by atoms with E-state index in [-0.39, 0.29) is 36.8 Å². The molecule has 1 aliphatic heterocycles. The molecule has 0 unspecified atom stereocenters. The number of piperidine rings is 1. The summed E-state index contributed by atoms with van der Waals surface area (Å²) in [6, 6.07) is 8.23. The third-order valence-corrected chi connectivity index (χ3v) is 6.40. The number of amides is 1. The molecule has 3 heterocycles. The molecule has 1 aromatic carbocycles. The molecular formula is C23H25N3O5S. The van der Waals surface area contributed by atoms with Crippen molar-refractivity contribution in [2.45, 2.75) is 51.8 Å². The van der Waals surface area contributed by atoms with Gasteiger partial charge >= 0.3 is 5.97 Å². The van der Waals surface area contributed by atoms with Gasteiger partial charge in [-0.15, -0.1) is 11.3 Å². The van der Waals surface area contributed by atoms with E-state index in [4.69, 9.17) is 9.47 Å². The largest absolute Gasteiger partial charge is 0.484 e. The Hall–Kier alpha value is -3.20. The fraction of sp³-hybridized carbons (Fsp3) is 0.391. The Morgan fingerprint density at radius 2 is 1.88 bits per heavy atom. The number of rotatable bonds is 6. The highest BCUT2D eigenvalue weighted by Gasteiger charge is 2.29. The summed E-state index contributed by atoms with van der Waals surface area (Å²) in [5.74, 6) is -0.0545. The summed E-state index contributed by atoms with van der Waals surface area (Å²) >= 11 is 1.33. The highest BCUT2D eigenvalue weighted by Crippen LogP contribution is 2.23. The van der Waals surface area contributed by atoms with Crippen LogP contribution < -0.4 is 10.3 Å². The van der Waals surface area contributed by atoms with Crippen LogP contribution in [0, 0.1) is 0 Å². The Labute approximate surface area is 189 Å². The number of ether oxygens (including phenoxy) is 2. The Bertz CT molecular complexity index is 1160. The second-order valence-electron chi connectivity index (χ2n) is 7.96. The van der Waals surface area contributed by atoms with Crippen LogP contribution in [0.5, 0.6) is 5.75 Å². The predicted molar refractivity (Wildman–Crippen MR) is 120 cm³/mol. The van der Waals surface area contributed by atoms with Crippen molar-refractivity contribution >= 4 is 28.2 Å². The van der Waals surface area contributed by atoms with Crippen LogP contribution >= 0.6 is 11.3 Å². The van der Waals surface area contributed by atoms with Crippen molar-refractivity contribution in [2.75, 3.05) is 6.61 Å². The highest BCUT2D eigenvalue weighted by atomic mass is 32.1. The monoisotopic (exact) mass is 455 g/mol. The molecule has 8 nitrogen and oxygen atoms in total. The van der Waals surface area contributed by atoms with Gasteiger partial charge in [-0.25, -0.2) is 9.78 Å². The lowest BCUT2D eigenvalue weighted by molar-refractivity contribution is -0.139. The summed E-state index contributed by atoms with van der Waals surface area (Å²) in [5.41, 5.74) is 0.521. The molecule has 3 aromatic rings. The van der Waals surface area contributed by atoms with E-state index >= 15 is 0 Å². The quantitative estimate of drug-likeness (QED) is 0.530. The lowest BCUT2D eigenvalue weighted by Gasteiger charge is -2.38. The third kappa shape index (κ3) is 4.83. The molecular weight excluding hydrogens is 430 g/mol. The van der Waals surface area contributed by atoms with Crippen LogP contribution in [0.2, 0.25) is 0 Å². The molecule has 1 aliphatic rings. The summed E-state index contributed by atoms with van der Waals surface area (Å²) in [4.78, 5) is 43.7. The molecule has 0 spiro atoms. The molecule has 0 saturated carbocycles. The second-order valence-corrected chi connectivity index (χ2v) is 8.83. The van der Waals surface area contributed by atoms with E-state index < -0.39 is 5.97 Å². The fourth-order valence-electron chi connectivity index (χ4n) is 4.00. The molecule has 168 valence electrons. The number of aromatic nitrogens is 2. The first-order valence-electron chi connectivity index (χ1n) is 10.6. The van der Waals surface area contributed by atoms with Crippen LogP contribution in [0.1, 0.15) is 49.2 Å². The van der Waals surface area contributed by atoms with Gasteiger partial charge in [0.05, 0.1) is 11.3 Å². The number of carbonyl (C=O) groups is 2. The first-order chi connectivity index (χ1) is 15.4. The van der Waals surface area contributed by atoms with Gasteiger partial charge in [0.1, 0.15) is 12.4 Å². The van der Waals surface area contributed by atoms with Crippen molar-refractivity contribution < 1.29 is 19.1 Å². The second kappa shape index (κ2) is 9.52. The average Bonchev–Trinajstić information content (AvgIpc) is 3.26. The van der Waals surface area contributed by atoms with Crippen molar-refractivity contribution in [3.05, 3.63) is 63.5 Å². The van der Waals surface area contributed by atoms with E-state index in [1.807, 2.05) is 4.90 Å².